The summed E-state index contributed by atoms with van der Waals surface area (Å²) in [4.78, 5) is 2.32. The average Bonchev–Trinajstić information content (AvgIpc) is 2.33. The molecule has 3 nitrogen and oxygen atoms in total. The fraction of sp³-hybridized carbons (Fsp3) is 0.571. The molecule has 0 bridgehead atoms. The summed E-state index contributed by atoms with van der Waals surface area (Å²) < 4.78 is 0. The van der Waals surface area contributed by atoms with E-state index in [1.165, 1.54) is 11.1 Å². The van der Waals surface area contributed by atoms with Crippen molar-refractivity contribution >= 4 is 0 Å². The van der Waals surface area contributed by atoms with Crippen LogP contribution in [0.15, 0.2) is 18.2 Å². The quantitative estimate of drug-likeness (QED) is 0.826. The Morgan fingerprint density at radius 1 is 1.29 bits per heavy atom. The zero-order valence-corrected chi connectivity index (χ0v) is 10.7. The van der Waals surface area contributed by atoms with Crippen LogP contribution in [-0.4, -0.2) is 42.7 Å². The maximum absolute atomic E-state index is 10.3. The first-order chi connectivity index (χ1) is 8.16. The molecule has 0 aliphatic carbocycles. The summed E-state index contributed by atoms with van der Waals surface area (Å²) in [6.45, 7) is 8.99. The molecular formula is C14H22N2O. The molecule has 2 N–H and O–H groups in total. The van der Waals surface area contributed by atoms with E-state index in [0.29, 0.717) is 0 Å². The van der Waals surface area contributed by atoms with Gasteiger partial charge in [-0.15, -0.1) is 0 Å². The normalized spacial score (nSPS) is 19.2. The SMILES string of the molecule is Cc1ccc(C)c(C(O)CN2CCNCC2)c1. The number of β-amino-alcohol motifs (C(OH)–C–C–N with tert-alkyl or cyclic N) is 1. The topological polar surface area (TPSA) is 35.5 Å². The zero-order valence-electron chi connectivity index (χ0n) is 10.7. The van der Waals surface area contributed by atoms with Gasteiger partial charge in [-0.3, -0.25) is 4.90 Å². The maximum Gasteiger partial charge on any atom is 0.0919 e. The van der Waals surface area contributed by atoms with Crippen LogP contribution in [0.1, 0.15) is 22.8 Å². The van der Waals surface area contributed by atoms with Crippen LogP contribution in [0.4, 0.5) is 0 Å². The molecular weight excluding hydrogens is 212 g/mol. The lowest BCUT2D eigenvalue weighted by molar-refractivity contribution is 0.105. The molecule has 1 aliphatic rings. The van der Waals surface area contributed by atoms with Crippen molar-refractivity contribution in [3.05, 3.63) is 34.9 Å². The van der Waals surface area contributed by atoms with Crippen molar-refractivity contribution in [1.29, 1.82) is 0 Å². The Hall–Kier alpha value is -0.900. The first kappa shape index (κ1) is 12.6. The highest BCUT2D eigenvalue weighted by molar-refractivity contribution is 5.32. The molecule has 1 fully saturated rings. The standard InChI is InChI=1S/C14H22N2O/c1-11-3-4-12(2)13(9-11)14(17)10-16-7-5-15-6-8-16/h3-4,9,14-15,17H,5-8,10H2,1-2H3. The molecule has 0 radical (unpaired) electrons. The first-order valence-electron chi connectivity index (χ1n) is 6.35. The monoisotopic (exact) mass is 234 g/mol. The fourth-order valence-corrected chi connectivity index (χ4v) is 2.36. The molecule has 1 atom stereocenters. The molecule has 17 heavy (non-hydrogen) atoms. The molecule has 1 unspecified atom stereocenters. The lowest BCUT2D eigenvalue weighted by Crippen LogP contribution is -2.45. The van der Waals surface area contributed by atoms with E-state index < -0.39 is 0 Å². The van der Waals surface area contributed by atoms with Crippen LogP contribution in [0, 0.1) is 13.8 Å². The van der Waals surface area contributed by atoms with E-state index in [0.717, 1.165) is 38.3 Å². The molecule has 1 aromatic rings. The Morgan fingerprint density at radius 3 is 2.71 bits per heavy atom. The minimum absolute atomic E-state index is 0.368. The van der Waals surface area contributed by atoms with E-state index in [1.807, 2.05) is 0 Å². The molecule has 0 saturated carbocycles. The maximum atomic E-state index is 10.3. The van der Waals surface area contributed by atoms with Crippen LogP contribution in [-0.2, 0) is 0 Å². The Balaban J connectivity index is 2.02. The fourth-order valence-electron chi connectivity index (χ4n) is 2.36. The molecule has 3 heteroatoms. The highest BCUT2D eigenvalue weighted by Crippen LogP contribution is 2.20. The summed E-state index contributed by atoms with van der Waals surface area (Å²) in [6, 6.07) is 6.28. The van der Waals surface area contributed by atoms with E-state index >= 15 is 0 Å². The van der Waals surface area contributed by atoms with Gasteiger partial charge in [-0.05, 0) is 25.0 Å². The number of benzene rings is 1. The lowest BCUT2D eigenvalue weighted by Gasteiger charge is -2.29. The minimum Gasteiger partial charge on any atom is -0.387 e. The summed E-state index contributed by atoms with van der Waals surface area (Å²) in [5.74, 6) is 0. The third-order valence-corrected chi connectivity index (χ3v) is 3.43. The Kier molecular flexibility index (Phi) is 4.15. The van der Waals surface area contributed by atoms with Crippen molar-refractivity contribution < 1.29 is 5.11 Å². The van der Waals surface area contributed by atoms with E-state index in [4.69, 9.17) is 0 Å². The third kappa shape index (κ3) is 3.28. The second-order valence-electron chi connectivity index (χ2n) is 4.93. The number of aryl methyl sites for hydroxylation is 2. The number of nitrogens with zero attached hydrogens (tertiary/aromatic N) is 1. The number of piperazine rings is 1. The number of aliphatic hydroxyl groups is 1. The predicted octanol–water partition coefficient (Wildman–Crippen LogP) is 1.24. The molecule has 1 heterocycles. The van der Waals surface area contributed by atoms with Crippen molar-refractivity contribution in [2.45, 2.75) is 20.0 Å². The lowest BCUT2D eigenvalue weighted by atomic mass is 10.0. The van der Waals surface area contributed by atoms with Gasteiger partial charge in [-0.25, -0.2) is 0 Å². The molecule has 2 rings (SSSR count). The molecule has 94 valence electrons. The largest absolute Gasteiger partial charge is 0.387 e. The van der Waals surface area contributed by atoms with Gasteiger partial charge in [0.2, 0.25) is 0 Å². The molecule has 0 spiro atoms. The van der Waals surface area contributed by atoms with Gasteiger partial charge in [-0.1, -0.05) is 23.8 Å². The number of aliphatic hydroxyl groups excluding tert-OH is 1. The van der Waals surface area contributed by atoms with Crippen LogP contribution < -0.4 is 5.32 Å². The second-order valence-corrected chi connectivity index (χ2v) is 4.93. The van der Waals surface area contributed by atoms with E-state index in [2.05, 4.69) is 42.3 Å². The van der Waals surface area contributed by atoms with Crippen LogP contribution in [0.5, 0.6) is 0 Å². The highest BCUT2D eigenvalue weighted by Gasteiger charge is 2.16. The van der Waals surface area contributed by atoms with Crippen molar-refractivity contribution in [3.8, 4) is 0 Å². The summed E-state index contributed by atoms with van der Waals surface area (Å²) in [7, 11) is 0. The predicted molar refractivity (Wildman–Crippen MR) is 70.2 cm³/mol. The van der Waals surface area contributed by atoms with Crippen LogP contribution in [0.25, 0.3) is 0 Å². The molecule has 1 saturated heterocycles. The van der Waals surface area contributed by atoms with Crippen LogP contribution >= 0.6 is 0 Å². The van der Waals surface area contributed by atoms with E-state index in [1.54, 1.807) is 0 Å². The third-order valence-electron chi connectivity index (χ3n) is 3.43. The molecule has 0 amide bonds. The average molecular weight is 234 g/mol. The van der Waals surface area contributed by atoms with Gasteiger partial charge < -0.3 is 10.4 Å². The van der Waals surface area contributed by atoms with Gasteiger partial charge in [0, 0.05) is 32.7 Å². The Morgan fingerprint density at radius 2 is 2.00 bits per heavy atom. The smallest absolute Gasteiger partial charge is 0.0919 e. The second kappa shape index (κ2) is 5.63. The summed E-state index contributed by atoms with van der Waals surface area (Å²) in [6.07, 6.45) is -0.368. The van der Waals surface area contributed by atoms with Crippen molar-refractivity contribution in [1.82, 2.24) is 10.2 Å². The van der Waals surface area contributed by atoms with Gasteiger partial charge in [-0.2, -0.15) is 0 Å². The zero-order chi connectivity index (χ0) is 12.3. The summed E-state index contributed by atoms with van der Waals surface area (Å²) >= 11 is 0. The van der Waals surface area contributed by atoms with Gasteiger partial charge in [0.05, 0.1) is 6.10 Å². The van der Waals surface area contributed by atoms with Crippen molar-refractivity contribution in [2.24, 2.45) is 0 Å². The van der Waals surface area contributed by atoms with Crippen LogP contribution in [0.3, 0.4) is 0 Å². The Labute approximate surface area is 103 Å². The van der Waals surface area contributed by atoms with Crippen LogP contribution in [0.2, 0.25) is 0 Å². The number of hydrogen-bond acceptors (Lipinski definition) is 3. The summed E-state index contributed by atoms with van der Waals surface area (Å²) in [5.41, 5.74) is 3.46. The van der Waals surface area contributed by atoms with Gasteiger partial charge in [0.15, 0.2) is 0 Å². The number of rotatable bonds is 3. The number of nitrogens with one attached hydrogen (secondary N) is 1. The molecule has 1 aromatic carbocycles. The first-order valence-corrected chi connectivity index (χ1v) is 6.35. The Bertz CT molecular complexity index is 372. The van der Waals surface area contributed by atoms with Crippen molar-refractivity contribution in [2.75, 3.05) is 32.7 Å². The number of hydrogen-bond donors (Lipinski definition) is 2. The highest BCUT2D eigenvalue weighted by atomic mass is 16.3. The van der Waals surface area contributed by atoms with E-state index in [9.17, 15) is 5.11 Å². The molecule has 1 aliphatic heterocycles. The minimum atomic E-state index is -0.368. The van der Waals surface area contributed by atoms with Gasteiger partial charge in [0.1, 0.15) is 0 Å². The van der Waals surface area contributed by atoms with Crippen molar-refractivity contribution in [3.63, 3.8) is 0 Å². The van der Waals surface area contributed by atoms with Gasteiger partial charge >= 0.3 is 0 Å². The molecule has 0 aromatic heterocycles. The van der Waals surface area contributed by atoms with E-state index in [-0.39, 0.29) is 6.10 Å². The van der Waals surface area contributed by atoms with Gasteiger partial charge in [0.25, 0.3) is 0 Å². The summed E-state index contributed by atoms with van der Waals surface area (Å²) in [5, 5.41) is 13.6.